The molecular formula is C25H31N5O2. The summed E-state index contributed by atoms with van der Waals surface area (Å²) >= 11 is 0. The molecule has 7 nitrogen and oxygen atoms in total. The second-order valence-corrected chi connectivity index (χ2v) is 7.14. The van der Waals surface area contributed by atoms with Gasteiger partial charge in [-0.05, 0) is 37.6 Å². The van der Waals surface area contributed by atoms with E-state index in [9.17, 15) is 9.59 Å². The minimum absolute atomic E-state index is 0.00835. The van der Waals surface area contributed by atoms with E-state index < -0.39 is 0 Å². The van der Waals surface area contributed by atoms with Crippen molar-refractivity contribution in [2.75, 3.05) is 26.0 Å². The van der Waals surface area contributed by atoms with Crippen LogP contribution in [0.2, 0.25) is 0 Å². The molecule has 1 aromatic carbocycles. The molecular weight excluding hydrogens is 402 g/mol. The Labute approximate surface area is 189 Å². The topological polar surface area (TPSA) is 88.9 Å². The van der Waals surface area contributed by atoms with Crippen molar-refractivity contribution in [3.63, 3.8) is 0 Å². The zero-order valence-corrected chi connectivity index (χ0v) is 19.1. The molecule has 168 valence electrons. The van der Waals surface area contributed by atoms with E-state index in [1.807, 2.05) is 49.8 Å². The van der Waals surface area contributed by atoms with Crippen LogP contribution >= 0.6 is 0 Å². The van der Waals surface area contributed by atoms with E-state index in [0.717, 1.165) is 18.5 Å². The average molecular weight is 434 g/mol. The molecule has 0 bridgehead atoms. The van der Waals surface area contributed by atoms with Crippen LogP contribution in [0.3, 0.4) is 0 Å². The van der Waals surface area contributed by atoms with E-state index in [4.69, 9.17) is 0 Å². The molecule has 0 amide bonds. The van der Waals surface area contributed by atoms with E-state index in [-0.39, 0.29) is 12.1 Å². The molecule has 2 N–H and O–H groups in total. The Morgan fingerprint density at radius 3 is 2.50 bits per heavy atom. The summed E-state index contributed by atoms with van der Waals surface area (Å²) in [5.74, 6) is 0.492. The number of nitrogens with one attached hydrogen (secondary N) is 2. The van der Waals surface area contributed by atoms with Crippen LogP contribution in [-0.4, -0.2) is 41.5 Å². The van der Waals surface area contributed by atoms with Crippen LogP contribution in [0.4, 0.5) is 5.69 Å². The molecule has 0 saturated carbocycles. The molecule has 0 radical (unpaired) electrons. The first-order valence-corrected chi connectivity index (χ1v) is 10.6. The normalized spacial score (nSPS) is 10.8. The molecule has 2 aromatic heterocycles. The Hall–Kier alpha value is -3.58. The summed E-state index contributed by atoms with van der Waals surface area (Å²) in [6.07, 6.45) is 9.20. The predicted octanol–water partition coefficient (Wildman–Crippen LogP) is 3.42. The number of carbonyl (C=O) groups is 1. The molecule has 0 spiro atoms. The molecule has 2 heterocycles. The van der Waals surface area contributed by atoms with E-state index in [1.54, 1.807) is 7.05 Å². The highest BCUT2D eigenvalue weighted by atomic mass is 16.1. The molecule has 32 heavy (non-hydrogen) atoms. The van der Waals surface area contributed by atoms with E-state index in [1.165, 1.54) is 27.5 Å². The number of nitrogens with zero attached hydrogens (tertiary/aromatic N) is 3. The van der Waals surface area contributed by atoms with Gasteiger partial charge in [-0.1, -0.05) is 48.9 Å². The fourth-order valence-corrected chi connectivity index (χ4v) is 3.21. The lowest BCUT2D eigenvalue weighted by Crippen LogP contribution is -2.25. The number of anilines is 1. The number of likely N-dealkylation sites (N-methyl/N-ethyl adjacent to an activating group) is 1. The first-order valence-electron chi connectivity index (χ1n) is 10.6. The molecule has 0 unspecified atom stereocenters. The number of aldehydes is 1. The van der Waals surface area contributed by atoms with Crippen LogP contribution in [0.5, 0.6) is 0 Å². The maximum absolute atomic E-state index is 12.1. The summed E-state index contributed by atoms with van der Waals surface area (Å²) in [6.45, 7) is 5.21. The molecule has 0 fully saturated rings. The highest BCUT2D eigenvalue weighted by molar-refractivity contribution is 5.59. The lowest BCUT2D eigenvalue weighted by atomic mass is 10.1. The van der Waals surface area contributed by atoms with Gasteiger partial charge in [-0.3, -0.25) is 14.3 Å². The van der Waals surface area contributed by atoms with Crippen molar-refractivity contribution in [2.45, 2.75) is 26.8 Å². The van der Waals surface area contributed by atoms with Crippen LogP contribution in [0.1, 0.15) is 25.0 Å². The second kappa shape index (κ2) is 13.0. The van der Waals surface area contributed by atoms with Gasteiger partial charge in [0.15, 0.2) is 0 Å². The number of carbonyl (C=O) groups excluding carboxylic acids is 1. The number of benzene rings is 1. The van der Waals surface area contributed by atoms with Crippen molar-refractivity contribution < 1.29 is 4.79 Å². The van der Waals surface area contributed by atoms with Gasteiger partial charge in [0.05, 0.1) is 12.7 Å². The summed E-state index contributed by atoms with van der Waals surface area (Å²) in [5, 5.41) is 5.90. The summed E-state index contributed by atoms with van der Waals surface area (Å²) in [7, 11) is 3.60. The van der Waals surface area contributed by atoms with Gasteiger partial charge in [0.1, 0.15) is 17.8 Å². The average Bonchev–Trinajstić information content (AvgIpc) is 2.82. The first-order chi connectivity index (χ1) is 15.5. The smallest absolute Gasteiger partial charge is 0.277 e. The van der Waals surface area contributed by atoms with E-state index in [0.29, 0.717) is 17.8 Å². The molecule has 0 aliphatic heterocycles. The third-order valence-corrected chi connectivity index (χ3v) is 4.79. The fourth-order valence-electron chi connectivity index (χ4n) is 3.21. The highest BCUT2D eigenvalue weighted by Crippen LogP contribution is 2.15. The van der Waals surface area contributed by atoms with Crippen LogP contribution in [-0.2, 0) is 17.8 Å². The summed E-state index contributed by atoms with van der Waals surface area (Å²) in [4.78, 5) is 31.2. The Kier molecular flexibility index (Phi) is 10.0. The number of rotatable bonds is 8. The summed E-state index contributed by atoms with van der Waals surface area (Å²) in [5.41, 5.74) is 4.85. The minimum atomic E-state index is -0.251. The molecule has 0 aliphatic carbocycles. The predicted molar refractivity (Wildman–Crippen MR) is 131 cm³/mol. The van der Waals surface area contributed by atoms with Crippen molar-refractivity contribution in [1.82, 2.24) is 19.9 Å². The van der Waals surface area contributed by atoms with Gasteiger partial charge in [-0.15, -0.1) is 0 Å². The van der Waals surface area contributed by atoms with Crippen LogP contribution in [0, 0.1) is 0 Å². The van der Waals surface area contributed by atoms with Gasteiger partial charge in [0.25, 0.3) is 5.56 Å². The Balaban J connectivity index is 0.000000235. The Morgan fingerprint density at radius 2 is 1.88 bits per heavy atom. The zero-order valence-electron chi connectivity index (χ0n) is 19.1. The van der Waals surface area contributed by atoms with Crippen LogP contribution < -0.4 is 16.2 Å². The standard InChI is InChI=1S/C13H13N3O2.C12H18N2/c1-14-11-9-15-12(10-5-3-2-4-6-10)16(7-8-17)13(11)18;1-4-11-5-6-14-9-12(11)7-10(2)8-13-3/h2-6,8-9,14H,7H2,1H3;5-7,9,13H,4,8H2,1-3H3/b;10-7+. The van der Waals surface area contributed by atoms with Crippen molar-refractivity contribution in [2.24, 2.45) is 0 Å². The number of aromatic nitrogens is 3. The van der Waals surface area contributed by atoms with Gasteiger partial charge in [-0.25, -0.2) is 4.98 Å². The number of pyridine rings is 1. The molecule has 0 aliphatic rings. The number of hydrogen-bond donors (Lipinski definition) is 2. The molecule has 0 atom stereocenters. The van der Waals surface area contributed by atoms with E-state index >= 15 is 0 Å². The quantitative estimate of drug-likeness (QED) is 0.529. The maximum Gasteiger partial charge on any atom is 0.277 e. The van der Waals surface area contributed by atoms with Crippen LogP contribution in [0.15, 0.2) is 65.4 Å². The monoisotopic (exact) mass is 433 g/mol. The molecule has 3 rings (SSSR count). The SMILES string of the molecule is CCc1ccncc1/C=C(\C)CNC.CNc1cnc(-c2ccccc2)n(CC=O)c1=O. The number of aryl methyl sites for hydroxylation is 1. The zero-order chi connectivity index (χ0) is 23.3. The number of hydrogen-bond acceptors (Lipinski definition) is 6. The largest absolute Gasteiger partial charge is 0.382 e. The van der Waals surface area contributed by atoms with Crippen molar-refractivity contribution >= 4 is 18.0 Å². The van der Waals surface area contributed by atoms with E-state index in [2.05, 4.69) is 46.6 Å². The molecule has 0 saturated heterocycles. The fraction of sp³-hybridized carbons (Fsp3) is 0.280. The molecule has 7 heteroatoms. The Morgan fingerprint density at radius 1 is 1.12 bits per heavy atom. The summed E-state index contributed by atoms with van der Waals surface area (Å²) < 4.78 is 1.36. The van der Waals surface area contributed by atoms with Crippen LogP contribution in [0.25, 0.3) is 17.5 Å². The second-order valence-electron chi connectivity index (χ2n) is 7.14. The third-order valence-electron chi connectivity index (χ3n) is 4.79. The lowest BCUT2D eigenvalue weighted by Gasteiger charge is -2.11. The van der Waals surface area contributed by atoms with Gasteiger partial charge >= 0.3 is 0 Å². The van der Waals surface area contributed by atoms with Gasteiger partial charge in [0, 0.05) is 31.5 Å². The van der Waals surface area contributed by atoms with Gasteiger partial charge in [0.2, 0.25) is 0 Å². The van der Waals surface area contributed by atoms with Gasteiger partial charge in [-0.2, -0.15) is 0 Å². The third kappa shape index (κ3) is 6.72. The van der Waals surface area contributed by atoms with Crippen molar-refractivity contribution in [3.05, 3.63) is 82.0 Å². The van der Waals surface area contributed by atoms with Crippen molar-refractivity contribution in [3.8, 4) is 11.4 Å². The van der Waals surface area contributed by atoms with Crippen molar-refractivity contribution in [1.29, 1.82) is 0 Å². The van der Waals surface area contributed by atoms with Gasteiger partial charge < -0.3 is 15.4 Å². The lowest BCUT2D eigenvalue weighted by molar-refractivity contribution is -0.108. The highest BCUT2D eigenvalue weighted by Gasteiger charge is 2.10. The first kappa shape index (κ1) is 24.7. The molecule has 3 aromatic rings. The minimum Gasteiger partial charge on any atom is -0.382 e. The Bertz CT molecular complexity index is 1090. The summed E-state index contributed by atoms with van der Waals surface area (Å²) in [6, 6.07) is 11.4. The maximum atomic E-state index is 12.1.